The third-order valence-corrected chi connectivity index (χ3v) is 2.93. The van der Waals surface area contributed by atoms with Gasteiger partial charge in [0.1, 0.15) is 0 Å². The summed E-state index contributed by atoms with van der Waals surface area (Å²) < 4.78 is 10.7. The van der Waals surface area contributed by atoms with Crippen LogP contribution < -0.4 is 0 Å². The average Bonchev–Trinajstić information content (AvgIpc) is 2.83. The van der Waals surface area contributed by atoms with Crippen molar-refractivity contribution in [2.45, 2.75) is 37.6 Å². The van der Waals surface area contributed by atoms with Crippen molar-refractivity contribution >= 4 is 0 Å². The van der Waals surface area contributed by atoms with E-state index < -0.39 is 0 Å². The maximum absolute atomic E-state index is 5.43. The maximum Gasteiger partial charge on any atom is 0.0845 e. The van der Waals surface area contributed by atoms with E-state index in [2.05, 4.69) is 0 Å². The van der Waals surface area contributed by atoms with Gasteiger partial charge in [0.2, 0.25) is 0 Å². The van der Waals surface area contributed by atoms with Gasteiger partial charge in [0, 0.05) is 0 Å². The minimum absolute atomic E-state index is 0.616. The largest absolute Gasteiger partial charge is 0.373 e. The topological polar surface area (TPSA) is 25.1 Å². The Balaban J connectivity index is 1.65. The van der Waals surface area contributed by atoms with Crippen LogP contribution in [0.15, 0.2) is 0 Å². The minimum Gasteiger partial charge on any atom is -0.373 e. The molecule has 0 amide bonds. The molecule has 3 fully saturated rings. The van der Waals surface area contributed by atoms with Gasteiger partial charge in [0.15, 0.2) is 0 Å². The van der Waals surface area contributed by atoms with E-state index in [0.717, 1.165) is 12.5 Å². The van der Waals surface area contributed by atoms with Crippen molar-refractivity contribution in [3.05, 3.63) is 0 Å². The second-order valence-corrected chi connectivity index (χ2v) is 3.66. The molecule has 0 spiro atoms. The number of hydrogen-bond acceptors (Lipinski definition) is 2. The molecule has 56 valence electrons. The first kappa shape index (κ1) is 5.56. The first-order chi connectivity index (χ1) is 4.93. The van der Waals surface area contributed by atoms with Crippen LogP contribution in [0, 0.1) is 5.92 Å². The Kier molecular flexibility index (Phi) is 0.968. The van der Waals surface area contributed by atoms with E-state index in [-0.39, 0.29) is 0 Å². The molecule has 1 saturated carbocycles. The summed E-state index contributed by atoms with van der Waals surface area (Å²) in [5.74, 6) is 0.837. The van der Waals surface area contributed by atoms with Gasteiger partial charge in [-0.1, -0.05) is 0 Å². The Morgan fingerprint density at radius 3 is 2.60 bits per heavy atom. The van der Waals surface area contributed by atoms with E-state index in [1.165, 1.54) is 19.3 Å². The lowest BCUT2D eigenvalue weighted by atomic mass is 9.87. The maximum atomic E-state index is 5.43. The lowest BCUT2D eigenvalue weighted by Gasteiger charge is -2.15. The molecule has 0 radical (unpaired) electrons. The molecule has 0 aromatic heterocycles. The molecule has 1 aliphatic carbocycles. The SMILES string of the molecule is C1OC1[C@@H]1CC[C@H]2O[C@H]2C1. The normalized spacial score (nSPS) is 57.6. The predicted molar refractivity (Wildman–Crippen MR) is 35.7 cm³/mol. The number of epoxide rings is 2. The fourth-order valence-electron chi connectivity index (χ4n) is 2.10. The second kappa shape index (κ2) is 1.74. The van der Waals surface area contributed by atoms with E-state index in [1.807, 2.05) is 0 Å². The van der Waals surface area contributed by atoms with E-state index >= 15 is 0 Å². The highest BCUT2D eigenvalue weighted by Crippen LogP contribution is 2.43. The fraction of sp³-hybridized carbons (Fsp3) is 1.00. The van der Waals surface area contributed by atoms with Gasteiger partial charge < -0.3 is 9.47 Å². The van der Waals surface area contributed by atoms with Crippen molar-refractivity contribution in [3.8, 4) is 0 Å². The molecule has 2 nitrogen and oxygen atoms in total. The smallest absolute Gasteiger partial charge is 0.0845 e. The average molecular weight is 140 g/mol. The zero-order valence-electron chi connectivity index (χ0n) is 5.95. The first-order valence-electron chi connectivity index (χ1n) is 4.20. The summed E-state index contributed by atoms with van der Waals surface area (Å²) in [4.78, 5) is 0. The number of ether oxygens (including phenoxy) is 2. The van der Waals surface area contributed by atoms with Gasteiger partial charge in [0.25, 0.3) is 0 Å². The van der Waals surface area contributed by atoms with Crippen molar-refractivity contribution in [3.63, 3.8) is 0 Å². The Hall–Kier alpha value is -0.0800. The van der Waals surface area contributed by atoms with Crippen molar-refractivity contribution in [1.82, 2.24) is 0 Å². The van der Waals surface area contributed by atoms with Crippen LogP contribution in [0.3, 0.4) is 0 Å². The number of hydrogen-bond donors (Lipinski definition) is 0. The Morgan fingerprint density at radius 2 is 1.90 bits per heavy atom. The molecular weight excluding hydrogens is 128 g/mol. The second-order valence-electron chi connectivity index (χ2n) is 3.66. The third-order valence-electron chi connectivity index (χ3n) is 2.93. The lowest BCUT2D eigenvalue weighted by molar-refractivity contribution is 0.279. The molecule has 10 heavy (non-hydrogen) atoms. The molecule has 4 atom stereocenters. The molecule has 0 N–H and O–H groups in total. The highest BCUT2D eigenvalue weighted by atomic mass is 16.6. The monoisotopic (exact) mass is 140 g/mol. The van der Waals surface area contributed by atoms with Crippen LogP contribution in [0.2, 0.25) is 0 Å². The molecule has 2 heteroatoms. The van der Waals surface area contributed by atoms with Crippen molar-refractivity contribution in [2.24, 2.45) is 5.92 Å². The highest BCUT2D eigenvalue weighted by molar-refractivity contribution is 4.96. The number of fused-ring (bicyclic) bond motifs is 1. The van der Waals surface area contributed by atoms with Crippen LogP contribution in [0.5, 0.6) is 0 Å². The van der Waals surface area contributed by atoms with Crippen LogP contribution in [0.1, 0.15) is 19.3 Å². The van der Waals surface area contributed by atoms with E-state index in [0.29, 0.717) is 18.3 Å². The van der Waals surface area contributed by atoms with Gasteiger partial charge in [0.05, 0.1) is 24.9 Å². The predicted octanol–water partition coefficient (Wildman–Crippen LogP) is 0.953. The lowest BCUT2D eigenvalue weighted by Crippen LogP contribution is -2.17. The molecule has 0 aromatic rings. The fourth-order valence-corrected chi connectivity index (χ4v) is 2.10. The molecule has 0 bridgehead atoms. The highest BCUT2D eigenvalue weighted by Gasteiger charge is 2.48. The molecular formula is C8H12O2. The van der Waals surface area contributed by atoms with Gasteiger partial charge in [-0.15, -0.1) is 0 Å². The summed E-state index contributed by atoms with van der Waals surface area (Å²) in [6.07, 6.45) is 5.79. The van der Waals surface area contributed by atoms with Gasteiger partial charge in [-0.3, -0.25) is 0 Å². The van der Waals surface area contributed by atoms with Crippen LogP contribution in [0.25, 0.3) is 0 Å². The standard InChI is InChI=1S/C8H12O2/c1-2-6-7(10-6)3-5(1)8-4-9-8/h5-8H,1-4H2/t5-,6-,7+,8?/m1/s1. The zero-order chi connectivity index (χ0) is 6.55. The molecule has 2 heterocycles. The van der Waals surface area contributed by atoms with E-state index in [1.54, 1.807) is 0 Å². The molecule has 3 rings (SSSR count). The summed E-state index contributed by atoms with van der Waals surface area (Å²) in [7, 11) is 0. The summed E-state index contributed by atoms with van der Waals surface area (Å²) in [5, 5.41) is 0. The Morgan fingerprint density at radius 1 is 1.00 bits per heavy atom. The third kappa shape index (κ3) is 0.789. The zero-order valence-corrected chi connectivity index (χ0v) is 5.95. The summed E-state index contributed by atoms with van der Waals surface area (Å²) in [6, 6.07) is 0. The Bertz CT molecular complexity index is 153. The van der Waals surface area contributed by atoms with Crippen molar-refractivity contribution in [2.75, 3.05) is 6.61 Å². The quantitative estimate of drug-likeness (QED) is 0.507. The van der Waals surface area contributed by atoms with Gasteiger partial charge in [-0.25, -0.2) is 0 Å². The first-order valence-corrected chi connectivity index (χ1v) is 4.20. The van der Waals surface area contributed by atoms with Crippen LogP contribution in [-0.2, 0) is 9.47 Å². The van der Waals surface area contributed by atoms with Crippen LogP contribution in [0.4, 0.5) is 0 Å². The summed E-state index contributed by atoms with van der Waals surface area (Å²) in [5.41, 5.74) is 0. The summed E-state index contributed by atoms with van der Waals surface area (Å²) >= 11 is 0. The number of rotatable bonds is 1. The van der Waals surface area contributed by atoms with Crippen molar-refractivity contribution < 1.29 is 9.47 Å². The molecule has 0 aromatic carbocycles. The van der Waals surface area contributed by atoms with E-state index in [4.69, 9.17) is 9.47 Å². The molecule has 2 aliphatic heterocycles. The van der Waals surface area contributed by atoms with Gasteiger partial charge in [-0.05, 0) is 25.2 Å². The van der Waals surface area contributed by atoms with Crippen LogP contribution >= 0.6 is 0 Å². The summed E-state index contributed by atoms with van der Waals surface area (Å²) in [6.45, 7) is 1.02. The van der Waals surface area contributed by atoms with Crippen LogP contribution in [-0.4, -0.2) is 24.9 Å². The van der Waals surface area contributed by atoms with Gasteiger partial charge >= 0.3 is 0 Å². The van der Waals surface area contributed by atoms with E-state index in [9.17, 15) is 0 Å². The molecule has 1 unspecified atom stereocenters. The van der Waals surface area contributed by atoms with Gasteiger partial charge in [-0.2, -0.15) is 0 Å². The van der Waals surface area contributed by atoms with Crippen molar-refractivity contribution in [1.29, 1.82) is 0 Å². The minimum atomic E-state index is 0.616. The Labute approximate surface area is 60.5 Å². The molecule has 2 saturated heterocycles. The molecule has 3 aliphatic rings.